The molecule has 3 atom stereocenters. The average molecular weight is 349 g/mol. The maximum absolute atomic E-state index is 12.6. The molecule has 1 aromatic heterocycles. The lowest BCUT2D eigenvalue weighted by molar-refractivity contribution is -0.133. The monoisotopic (exact) mass is 348 g/mol. The van der Waals surface area contributed by atoms with E-state index in [1.807, 2.05) is 29.0 Å². The highest BCUT2D eigenvalue weighted by atomic mass is 35.5. The highest BCUT2D eigenvalue weighted by Gasteiger charge is 2.34. The number of rotatable bonds is 3. The van der Waals surface area contributed by atoms with E-state index in [9.17, 15) is 4.79 Å². The smallest absolute Gasteiger partial charge is 0.223 e. The molecule has 0 bridgehead atoms. The number of hydrogen-bond donors (Lipinski definition) is 1. The summed E-state index contributed by atoms with van der Waals surface area (Å²) in [7, 11) is 1.92. The summed E-state index contributed by atoms with van der Waals surface area (Å²) in [6.45, 7) is 0.875. The molecule has 126 valence electrons. The third kappa shape index (κ3) is 3.94. The number of aryl methyl sites for hydroxylation is 1. The number of aromatic nitrogens is 2. The summed E-state index contributed by atoms with van der Waals surface area (Å²) < 4.78 is 1.81. The predicted octanol–water partition coefficient (Wildman–Crippen LogP) is 2.44. The summed E-state index contributed by atoms with van der Waals surface area (Å²) in [6.07, 6.45) is 10.0. The zero-order chi connectivity index (χ0) is 14.1. The minimum atomic E-state index is 0. The van der Waals surface area contributed by atoms with Gasteiger partial charge in [0.25, 0.3) is 0 Å². The molecule has 7 heteroatoms. The Bertz CT molecular complexity index is 494. The van der Waals surface area contributed by atoms with Crippen LogP contribution in [0.5, 0.6) is 0 Å². The largest absolute Gasteiger partial charge is 0.336 e. The van der Waals surface area contributed by atoms with Crippen molar-refractivity contribution in [3.8, 4) is 0 Å². The van der Waals surface area contributed by atoms with Crippen molar-refractivity contribution in [1.29, 1.82) is 0 Å². The van der Waals surface area contributed by atoms with Crippen LogP contribution in [0.15, 0.2) is 12.4 Å². The van der Waals surface area contributed by atoms with E-state index in [2.05, 4.69) is 5.10 Å². The van der Waals surface area contributed by atoms with Crippen molar-refractivity contribution < 1.29 is 4.79 Å². The van der Waals surface area contributed by atoms with Crippen molar-refractivity contribution >= 4 is 30.7 Å². The van der Waals surface area contributed by atoms with Gasteiger partial charge in [-0.15, -0.1) is 24.8 Å². The van der Waals surface area contributed by atoms with Crippen molar-refractivity contribution in [2.45, 2.75) is 50.6 Å². The number of nitrogens with zero attached hydrogens (tertiary/aromatic N) is 3. The van der Waals surface area contributed by atoms with E-state index in [-0.39, 0.29) is 42.8 Å². The first-order chi connectivity index (χ1) is 9.65. The molecule has 0 aromatic carbocycles. The van der Waals surface area contributed by atoms with Gasteiger partial charge >= 0.3 is 0 Å². The predicted molar refractivity (Wildman–Crippen MR) is 91.3 cm³/mol. The van der Waals surface area contributed by atoms with Gasteiger partial charge in [0.05, 0.1) is 12.2 Å². The molecule has 3 rings (SSSR count). The number of carbonyl (C=O) groups excluding carboxylic acids is 1. The van der Waals surface area contributed by atoms with E-state index in [0.717, 1.165) is 37.8 Å². The van der Waals surface area contributed by atoms with Crippen LogP contribution in [0.3, 0.4) is 0 Å². The normalized spacial score (nSPS) is 27.4. The van der Waals surface area contributed by atoms with Gasteiger partial charge in [-0.3, -0.25) is 9.48 Å². The van der Waals surface area contributed by atoms with Gasteiger partial charge in [-0.05, 0) is 31.6 Å². The molecule has 1 aliphatic heterocycles. The van der Waals surface area contributed by atoms with Crippen molar-refractivity contribution in [3.05, 3.63) is 18.0 Å². The number of likely N-dealkylation sites (tertiary alicyclic amines) is 1. The molecule has 0 spiro atoms. The summed E-state index contributed by atoms with van der Waals surface area (Å²) in [5.74, 6) is 0.663. The van der Waals surface area contributed by atoms with Crippen LogP contribution in [0.1, 0.15) is 50.1 Å². The second-order valence-corrected chi connectivity index (χ2v) is 6.25. The van der Waals surface area contributed by atoms with Gasteiger partial charge in [0, 0.05) is 37.8 Å². The van der Waals surface area contributed by atoms with Crippen molar-refractivity contribution in [3.63, 3.8) is 0 Å². The molecule has 1 unspecified atom stereocenters. The molecule has 5 nitrogen and oxygen atoms in total. The van der Waals surface area contributed by atoms with Crippen molar-refractivity contribution in [1.82, 2.24) is 14.7 Å². The molecule has 2 heterocycles. The second kappa shape index (κ2) is 8.18. The third-order valence-corrected chi connectivity index (χ3v) is 4.84. The van der Waals surface area contributed by atoms with Gasteiger partial charge < -0.3 is 10.6 Å². The fourth-order valence-electron chi connectivity index (χ4n) is 3.68. The summed E-state index contributed by atoms with van der Waals surface area (Å²) in [5.41, 5.74) is 7.25. The zero-order valence-corrected chi connectivity index (χ0v) is 14.6. The number of carbonyl (C=O) groups is 1. The van der Waals surface area contributed by atoms with Crippen LogP contribution in [-0.4, -0.2) is 33.2 Å². The van der Waals surface area contributed by atoms with Crippen LogP contribution in [0.25, 0.3) is 0 Å². The maximum atomic E-state index is 12.6. The number of nitrogens with two attached hydrogens (primary N) is 1. The Labute approximate surface area is 144 Å². The van der Waals surface area contributed by atoms with Crippen LogP contribution in [0.2, 0.25) is 0 Å². The van der Waals surface area contributed by atoms with E-state index in [1.165, 1.54) is 6.42 Å². The highest BCUT2D eigenvalue weighted by Crippen LogP contribution is 2.34. The fraction of sp³-hybridized carbons (Fsp3) is 0.733. The van der Waals surface area contributed by atoms with Crippen LogP contribution in [-0.2, 0) is 11.8 Å². The maximum Gasteiger partial charge on any atom is 0.223 e. The summed E-state index contributed by atoms with van der Waals surface area (Å²) in [6, 6.07) is 0.437. The molecule has 1 saturated carbocycles. The Balaban J connectivity index is 0.00000121. The minimum Gasteiger partial charge on any atom is -0.336 e. The summed E-state index contributed by atoms with van der Waals surface area (Å²) in [4.78, 5) is 14.6. The van der Waals surface area contributed by atoms with Gasteiger partial charge in [0.1, 0.15) is 0 Å². The Hall–Kier alpha value is -0.780. The zero-order valence-electron chi connectivity index (χ0n) is 13.0. The molecule has 22 heavy (non-hydrogen) atoms. The van der Waals surface area contributed by atoms with Gasteiger partial charge in [-0.1, -0.05) is 6.42 Å². The fourth-order valence-corrected chi connectivity index (χ4v) is 3.68. The topological polar surface area (TPSA) is 64.2 Å². The minimum absolute atomic E-state index is 0. The van der Waals surface area contributed by atoms with E-state index >= 15 is 0 Å². The van der Waals surface area contributed by atoms with Crippen molar-refractivity contribution in [2.75, 3.05) is 6.54 Å². The molecular formula is C15H26Cl2N4O. The van der Waals surface area contributed by atoms with Crippen LogP contribution >= 0.6 is 24.8 Å². The first kappa shape index (κ1) is 19.3. The highest BCUT2D eigenvalue weighted by molar-refractivity contribution is 5.85. The van der Waals surface area contributed by atoms with Crippen LogP contribution < -0.4 is 5.73 Å². The van der Waals surface area contributed by atoms with Gasteiger partial charge in [-0.25, -0.2) is 0 Å². The van der Waals surface area contributed by atoms with E-state index in [1.54, 1.807) is 0 Å². The van der Waals surface area contributed by atoms with Crippen LogP contribution in [0.4, 0.5) is 0 Å². The van der Waals surface area contributed by atoms with Gasteiger partial charge in [0.15, 0.2) is 0 Å². The number of hydrogen-bond acceptors (Lipinski definition) is 3. The molecule has 2 fully saturated rings. The first-order valence-electron chi connectivity index (χ1n) is 7.69. The van der Waals surface area contributed by atoms with Crippen molar-refractivity contribution in [2.24, 2.45) is 18.7 Å². The molecular weight excluding hydrogens is 323 g/mol. The lowest BCUT2D eigenvalue weighted by Crippen LogP contribution is -2.35. The molecule has 2 N–H and O–H groups in total. The number of halogens is 2. The Morgan fingerprint density at radius 3 is 2.68 bits per heavy atom. The molecule has 2 aliphatic rings. The van der Waals surface area contributed by atoms with E-state index < -0.39 is 0 Å². The van der Waals surface area contributed by atoms with Crippen LogP contribution in [0, 0.1) is 5.92 Å². The second-order valence-electron chi connectivity index (χ2n) is 6.25. The first-order valence-corrected chi connectivity index (χ1v) is 7.69. The van der Waals surface area contributed by atoms with E-state index in [4.69, 9.17) is 5.73 Å². The lowest BCUT2D eigenvalue weighted by Gasteiger charge is -2.26. The molecule has 1 amide bonds. The Kier molecular flexibility index (Phi) is 7.16. The third-order valence-electron chi connectivity index (χ3n) is 4.84. The molecule has 1 aromatic rings. The number of amides is 1. The summed E-state index contributed by atoms with van der Waals surface area (Å²) in [5, 5.41) is 4.23. The SMILES string of the molecule is Cl.Cl.Cn1cc(C2CCCN2C(=O)C[C@@H]2CCC[C@H]2N)cn1. The standard InChI is InChI=1S/C15H24N4O.2ClH/c1-18-10-12(9-17-18)14-6-3-7-19(14)15(20)8-11-4-2-5-13(11)16;;/h9-11,13-14H,2-8,16H2,1H3;2*1H/t11-,13+,14?;;/m0../s1. The molecule has 0 radical (unpaired) electrons. The molecule has 1 aliphatic carbocycles. The quantitative estimate of drug-likeness (QED) is 0.912. The molecule has 1 saturated heterocycles. The Morgan fingerprint density at radius 2 is 2.09 bits per heavy atom. The summed E-state index contributed by atoms with van der Waals surface area (Å²) >= 11 is 0. The Morgan fingerprint density at radius 1 is 1.32 bits per heavy atom. The van der Waals surface area contributed by atoms with E-state index in [0.29, 0.717) is 12.3 Å². The lowest BCUT2D eigenvalue weighted by atomic mass is 9.99. The van der Waals surface area contributed by atoms with Gasteiger partial charge in [0.2, 0.25) is 5.91 Å². The average Bonchev–Trinajstić information content (AvgIpc) is 3.11. The van der Waals surface area contributed by atoms with Gasteiger partial charge in [-0.2, -0.15) is 5.10 Å².